The average Bonchev–Trinajstić information content (AvgIpc) is 2.10. The fourth-order valence-corrected chi connectivity index (χ4v) is 0.500. The number of nitrogens with zero attached hydrogens (tertiary/aromatic N) is 1. The second kappa shape index (κ2) is 5.98. The molecule has 0 unspecified atom stereocenters. The molecule has 0 saturated heterocycles. The van der Waals surface area contributed by atoms with Gasteiger partial charge in [-0.3, -0.25) is 4.98 Å². The normalized spacial score (nSPS) is 7.40. The van der Waals surface area contributed by atoms with Crippen molar-refractivity contribution in [3.63, 3.8) is 0 Å². The van der Waals surface area contributed by atoms with Crippen LogP contribution in [0.2, 0.25) is 0 Å². The van der Waals surface area contributed by atoms with Crippen molar-refractivity contribution in [2.24, 2.45) is 0 Å². The Morgan fingerprint density at radius 2 is 1.90 bits per heavy atom. The van der Waals surface area contributed by atoms with Gasteiger partial charge in [-0.2, -0.15) is 0 Å². The van der Waals surface area contributed by atoms with Crippen molar-refractivity contribution in [1.29, 1.82) is 0 Å². The van der Waals surface area contributed by atoms with E-state index < -0.39 is 0 Å². The fraction of sp³-hybridized carbons (Fsp3) is 0.125. The molecule has 0 aliphatic rings. The van der Waals surface area contributed by atoms with E-state index in [9.17, 15) is 0 Å². The molecule has 1 N–H and O–H groups in total. The standard InChI is InChI=1S/C7H7N.CH4O/c1-2-7-3-5-8-6-4-7;1-2/h2-6H,1H2;2H,1H3. The first-order valence-electron chi connectivity index (χ1n) is 2.90. The van der Waals surface area contributed by atoms with E-state index in [2.05, 4.69) is 11.6 Å². The Morgan fingerprint density at radius 1 is 1.40 bits per heavy atom. The topological polar surface area (TPSA) is 33.1 Å². The van der Waals surface area contributed by atoms with Gasteiger partial charge in [0, 0.05) is 19.5 Å². The third-order valence-electron chi connectivity index (χ3n) is 0.942. The Balaban J connectivity index is 0.000000371. The van der Waals surface area contributed by atoms with Crippen molar-refractivity contribution in [2.45, 2.75) is 0 Å². The fourth-order valence-electron chi connectivity index (χ4n) is 0.500. The van der Waals surface area contributed by atoms with E-state index in [0.29, 0.717) is 0 Å². The number of aromatic nitrogens is 1. The molecule has 1 aromatic heterocycles. The summed E-state index contributed by atoms with van der Waals surface area (Å²) in [5, 5.41) is 7.00. The van der Waals surface area contributed by atoms with Crippen LogP contribution in [0.3, 0.4) is 0 Å². The maximum Gasteiger partial charge on any atom is 0.0319 e. The first-order valence-corrected chi connectivity index (χ1v) is 2.90. The summed E-state index contributed by atoms with van der Waals surface area (Å²) >= 11 is 0. The van der Waals surface area contributed by atoms with Crippen LogP contribution in [0.4, 0.5) is 0 Å². The predicted octanol–water partition coefficient (Wildman–Crippen LogP) is 1.33. The largest absolute Gasteiger partial charge is 0.400 e. The van der Waals surface area contributed by atoms with Gasteiger partial charge in [-0.25, -0.2) is 0 Å². The highest BCUT2D eigenvalue weighted by Crippen LogP contribution is 1.94. The molecule has 0 saturated carbocycles. The van der Waals surface area contributed by atoms with E-state index in [0.717, 1.165) is 12.7 Å². The molecule has 2 heteroatoms. The lowest BCUT2D eigenvalue weighted by Crippen LogP contribution is -1.69. The third-order valence-corrected chi connectivity index (χ3v) is 0.942. The van der Waals surface area contributed by atoms with Gasteiger partial charge in [0.1, 0.15) is 0 Å². The smallest absolute Gasteiger partial charge is 0.0319 e. The first kappa shape index (κ1) is 8.85. The van der Waals surface area contributed by atoms with Gasteiger partial charge in [-0.15, -0.1) is 0 Å². The molecule has 1 rings (SSSR count). The molecule has 0 radical (unpaired) electrons. The summed E-state index contributed by atoms with van der Waals surface area (Å²) in [6.45, 7) is 3.60. The van der Waals surface area contributed by atoms with Crippen LogP contribution in [0, 0.1) is 0 Å². The van der Waals surface area contributed by atoms with Gasteiger partial charge in [0.25, 0.3) is 0 Å². The molecule has 0 spiro atoms. The van der Waals surface area contributed by atoms with Crippen LogP contribution in [0.5, 0.6) is 0 Å². The lowest BCUT2D eigenvalue weighted by atomic mass is 10.3. The Bertz CT molecular complexity index is 172. The molecule has 0 amide bonds. The molecule has 54 valence electrons. The van der Waals surface area contributed by atoms with Gasteiger partial charge >= 0.3 is 0 Å². The Hall–Kier alpha value is -1.15. The quantitative estimate of drug-likeness (QED) is 0.633. The van der Waals surface area contributed by atoms with Crippen molar-refractivity contribution < 1.29 is 5.11 Å². The number of hydrogen-bond donors (Lipinski definition) is 1. The summed E-state index contributed by atoms with van der Waals surface area (Å²) < 4.78 is 0. The minimum Gasteiger partial charge on any atom is -0.400 e. The van der Waals surface area contributed by atoms with E-state index in [4.69, 9.17) is 5.11 Å². The maximum atomic E-state index is 7.00. The zero-order chi connectivity index (χ0) is 7.82. The summed E-state index contributed by atoms with van der Waals surface area (Å²) in [5.74, 6) is 0. The van der Waals surface area contributed by atoms with Crippen molar-refractivity contribution in [3.05, 3.63) is 36.7 Å². The number of hydrogen-bond acceptors (Lipinski definition) is 2. The highest BCUT2D eigenvalue weighted by molar-refractivity contribution is 5.44. The third kappa shape index (κ3) is 2.99. The van der Waals surface area contributed by atoms with Crippen LogP contribution in [0.25, 0.3) is 6.08 Å². The summed E-state index contributed by atoms with van der Waals surface area (Å²) in [6.07, 6.45) is 5.29. The van der Waals surface area contributed by atoms with Crippen molar-refractivity contribution in [2.75, 3.05) is 7.11 Å². The maximum absolute atomic E-state index is 7.00. The Kier molecular flexibility index (Phi) is 5.29. The number of aliphatic hydroxyl groups excluding tert-OH is 1. The predicted molar refractivity (Wildman–Crippen MR) is 42.5 cm³/mol. The van der Waals surface area contributed by atoms with Crippen LogP contribution < -0.4 is 0 Å². The van der Waals surface area contributed by atoms with Crippen molar-refractivity contribution in [1.82, 2.24) is 4.98 Å². The van der Waals surface area contributed by atoms with Gasteiger partial charge in [0.2, 0.25) is 0 Å². The van der Waals surface area contributed by atoms with E-state index in [1.807, 2.05) is 12.1 Å². The molecule has 0 aliphatic carbocycles. The van der Waals surface area contributed by atoms with Gasteiger partial charge < -0.3 is 5.11 Å². The summed E-state index contributed by atoms with van der Waals surface area (Å²) in [5.41, 5.74) is 1.11. The minimum absolute atomic E-state index is 1.00. The van der Waals surface area contributed by atoms with Crippen molar-refractivity contribution >= 4 is 6.08 Å². The molecular formula is C8H11NO. The molecule has 2 nitrogen and oxygen atoms in total. The van der Waals surface area contributed by atoms with Crippen LogP contribution in [-0.4, -0.2) is 17.2 Å². The average molecular weight is 137 g/mol. The second-order valence-corrected chi connectivity index (χ2v) is 1.48. The number of rotatable bonds is 1. The molecule has 10 heavy (non-hydrogen) atoms. The molecular weight excluding hydrogens is 126 g/mol. The summed E-state index contributed by atoms with van der Waals surface area (Å²) in [6, 6.07) is 3.82. The Morgan fingerprint density at radius 3 is 2.20 bits per heavy atom. The second-order valence-electron chi connectivity index (χ2n) is 1.48. The van der Waals surface area contributed by atoms with Gasteiger partial charge in [0.15, 0.2) is 0 Å². The highest BCUT2D eigenvalue weighted by Gasteiger charge is 1.76. The van der Waals surface area contributed by atoms with Gasteiger partial charge in [-0.1, -0.05) is 12.7 Å². The Labute approximate surface area is 60.9 Å². The molecule has 0 atom stereocenters. The molecule has 0 aromatic carbocycles. The molecule has 1 aromatic rings. The van der Waals surface area contributed by atoms with E-state index in [1.165, 1.54) is 0 Å². The lowest BCUT2D eigenvalue weighted by Gasteiger charge is -1.84. The summed E-state index contributed by atoms with van der Waals surface area (Å²) in [4.78, 5) is 3.85. The van der Waals surface area contributed by atoms with Crippen LogP contribution in [0.15, 0.2) is 31.1 Å². The van der Waals surface area contributed by atoms with Crippen LogP contribution >= 0.6 is 0 Å². The first-order chi connectivity index (χ1) is 4.93. The minimum atomic E-state index is 1.00. The molecule has 1 heterocycles. The SMILES string of the molecule is C=Cc1ccncc1.CO. The number of pyridine rings is 1. The van der Waals surface area contributed by atoms with Crippen molar-refractivity contribution in [3.8, 4) is 0 Å². The molecule has 0 fully saturated rings. The molecule has 0 bridgehead atoms. The molecule has 0 aliphatic heterocycles. The number of aliphatic hydroxyl groups is 1. The van der Waals surface area contributed by atoms with Gasteiger partial charge in [-0.05, 0) is 17.7 Å². The lowest BCUT2D eigenvalue weighted by molar-refractivity contribution is 0.399. The van der Waals surface area contributed by atoms with Gasteiger partial charge in [0.05, 0.1) is 0 Å². The van der Waals surface area contributed by atoms with Crippen LogP contribution in [-0.2, 0) is 0 Å². The van der Waals surface area contributed by atoms with Crippen LogP contribution in [0.1, 0.15) is 5.56 Å². The zero-order valence-electron chi connectivity index (χ0n) is 5.99. The monoisotopic (exact) mass is 137 g/mol. The zero-order valence-corrected chi connectivity index (χ0v) is 5.99. The summed E-state index contributed by atoms with van der Waals surface area (Å²) in [7, 11) is 1.00. The van der Waals surface area contributed by atoms with E-state index in [1.54, 1.807) is 18.5 Å². The van der Waals surface area contributed by atoms with E-state index in [-0.39, 0.29) is 0 Å². The van der Waals surface area contributed by atoms with E-state index >= 15 is 0 Å². The highest BCUT2D eigenvalue weighted by atomic mass is 16.2.